The van der Waals surface area contributed by atoms with E-state index in [0.717, 1.165) is 21.9 Å². The van der Waals surface area contributed by atoms with Crippen LogP contribution in [0.4, 0.5) is 0 Å². The van der Waals surface area contributed by atoms with Crippen molar-refractivity contribution < 1.29 is 0 Å². The summed E-state index contributed by atoms with van der Waals surface area (Å²) < 4.78 is 1.97. The summed E-state index contributed by atoms with van der Waals surface area (Å²) in [6, 6.07) is 0. The molecule has 0 amide bonds. The molecule has 0 aliphatic rings. The van der Waals surface area contributed by atoms with Crippen molar-refractivity contribution in [2.45, 2.75) is 11.6 Å². The lowest BCUT2D eigenvalue weighted by Crippen LogP contribution is -1.96. The molecular formula is C13H14Cl2N4S. The molecule has 0 unspecified atom stereocenters. The highest BCUT2D eigenvalue weighted by atomic mass is 35.5. The summed E-state index contributed by atoms with van der Waals surface area (Å²) in [7, 11) is 0. The van der Waals surface area contributed by atoms with Gasteiger partial charge in [0.1, 0.15) is 16.9 Å². The molecule has 0 aliphatic heterocycles. The first-order valence-corrected chi connectivity index (χ1v) is 8.13. The molecule has 2 aromatic rings. The average molecular weight is 329 g/mol. The number of rotatable bonds is 7. The second-order valence-electron chi connectivity index (χ2n) is 3.81. The van der Waals surface area contributed by atoms with Gasteiger partial charge in [-0.15, -0.1) is 23.2 Å². The Kier molecular flexibility index (Phi) is 6.36. The number of hydrogen-bond donors (Lipinski definition) is 0. The van der Waals surface area contributed by atoms with E-state index >= 15 is 0 Å². The lowest BCUT2D eigenvalue weighted by atomic mass is 10.5. The molecule has 2 aromatic heterocycles. The first-order chi connectivity index (χ1) is 9.86. The monoisotopic (exact) mass is 328 g/mol. The van der Waals surface area contributed by atoms with Gasteiger partial charge >= 0.3 is 0 Å². The SMILES string of the molecule is ClC/C=C/CSc1ncnc2c1ncn2C/C=C/CCl. The minimum atomic E-state index is 0.510. The van der Waals surface area contributed by atoms with Gasteiger partial charge in [-0.05, 0) is 0 Å². The third kappa shape index (κ3) is 3.98. The zero-order chi connectivity index (χ0) is 14.2. The normalized spacial score (nSPS) is 12.1. The van der Waals surface area contributed by atoms with Crippen molar-refractivity contribution in [3.05, 3.63) is 37.0 Å². The lowest BCUT2D eigenvalue weighted by molar-refractivity contribution is 0.834. The molecule has 0 N–H and O–H groups in total. The molecule has 0 saturated carbocycles. The summed E-state index contributed by atoms with van der Waals surface area (Å²) in [6.07, 6.45) is 11.2. The van der Waals surface area contributed by atoms with Crippen molar-refractivity contribution in [2.75, 3.05) is 17.5 Å². The van der Waals surface area contributed by atoms with Crippen LogP contribution in [0.5, 0.6) is 0 Å². The first-order valence-electron chi connectivity index (χ1n) is 6.07. The fourth-order valence-corrected chi connectivity index (χ4v) is 2.65. The van der Waals surface area contributed by atoms with E-state index in [4.69, 9.17) is 23.2 Å². The van der Waals surface area contributed by atoms with Gasteiger partial charge in [-0.3, -0.25) is 0 Å². The van der Waals surface area contributed by atoms with Crippen LogP contribution in [0.1, 0.15) is 0 Å². The molecule has 0 saturated heterocycles. The summed E-state index contributed by atoms with van der Waals surface area (Å²) in [5.41, 5.74) is 1.67. The summed E-state index contributed by atoms with van der Waals surface area (Å²) in [6.45, 7) is 0.705. The number of alkyl halides is 2. The van der Waals surface area contributed by atoms with Gasteiger partial charge in [0.2, 0.25) is 0 Å². The van der Waals surface area contributed by atoms with Crippen molar-refractivity contribution in [1.82, 2.24) is 19.5 Å². The highest BCUT2D eigenvalue weighted by Crippen LogP contribution is 2.23. The van der Waals surface area contributed by atoms with Gasteiger partial charge in [-0.2, -0.15) is 0 Å². The van der Waals surface area contributed by atoms with Crippen molar-refractivity contribution in [3.63, 3.8) is 0 Å². The smallest absolute Gasteiger partial charge is 0.164 e. The van der Waals surface area contributed by atoms with E-state index in [9.17, 15) is 0 Å². The van der Waals surface area contributed by atoms with Crippen LogP contribution >= 0.6 is 35.0 Å². The highest BCUT2D eigenvalue weighted by Gasteiger charge is 2.09. The van der Waals surface area contributed by atoms with Crippen LogP contribution < -0.4 is 0 Å². The molecule has 0 aliphatic carbocycles. The summed E-state index contributed by atoms with van der Waals surface area (Å²) in [4.78, 5) is 13.0. The van der Waals surface area contributed by atoms with E-state index < -0.39 is 0 Å². The molecule has 0 aromatic carbocycles. The van der Waals surface area contributed by atoms with Crippen LogP contribution in [0, 0.1) is 0 Å². The minimum Gasteiger partial charge on any atom is -0.311 e. The Morgan fingerprint density at radius 3 is 2.65 bits per heavy atom. The zero-order valence-corrected chi connectivity index (χ0v) is 13.1. The number of imidazole rings is 1. The van der Waals surface area contributed by atoms with Crippen molar-refractivity contribution in [3.8, 4) is 0 Å². The fraction of sp³-hybridized carbons (Fsp3) is 0.308. The van der Waals surface area contributed by atoms with Gasteiger partial charge in [0.15, 0.2) is 5.65 Å². The number of allylic oxidation sites excluding steroid dienone is 3. The van der Waals surface area contributed by atoms with E-state index in [1.807, 2.05) is 28.9 Å². The summed E-state index contributed by atoms with van der Waals surface area (Å²) >= 11 is 12.8. The number of fused-ring (bicyclic) bond motifs is 1. The van der Waals surface area contributed by atoms with Crippen molar-refractivity contribution in [2.24, 2.45) is 0 Å². The second kappa shape index (κ2) is 8.29. The van der Waals surface area contributed by atoms with E-state index in [2.05, 4.69) is 15.0 Å². The third-order valence-corrected chi connectivity index (χ3v) is 3.79. The van der Waals surface area contributed by atoms with Crippen LogP contribution in [0.25, 0.3) is 11.2 Å². The second-order valence-corrected chi connectivity index (χ2v) is 5.44. The molecule has 0 bridgehead atoms. The predicted octanol–water partition coefficient (Wildman–Crippen LogP) is 3.51. The van der Waals surface area contributed by atoms with Gasteiger partial charge in [0.25, 0.3) is 0 Å². The standard InChI is InChI=1S/C13H14Cl2N4S/c14-5-1-3-7-19-10-18-11-12(19)16-9-17-13(11)20-8-4-2-6-15/h1-4,9-10H,5-8H2/b3-1+,4-2+. The van der Waals surface area contributed by atoms with Crippen LogP contribution in [0.2, 0.25) is 0 Å². The highest BCUT2D eigenvalue weighted by molar-refractivity contribution is 7.99. The van der Waals surface area contributed by atoms with Gasteiger partial charge in [-0.25, -0.2) is 15.0 Å². The van der Waals surface area contributed by atoms with Gasteiger partial charge in [0, 0.05) is 24.1 Å². The minimum absolute atomic E-state index is 0.510. The zero-order valence-electron chi connectivity index (χ0n) is 10.7. The van der Waals surface area contributed by atoms with Crippen molar-refractivity contribution in [1.29, 1.82) is 0 Å². The predicted molar refractivity (Wildman–Crippen MR) is 85.8 cm³/mol. The fourth-order valence-electron chi connectivity index (χ4n) is 1.61. The third-order valence-electron chi connectivity index (χ3n) is 2.50. The largest absolute Gasteiger partial charge is 0.311 e. The van der Waals surface area contributed by atoms with E-state index in [1.165, 1.54) is 0 Å². The van der Waals surface area contributed by atoms with Gasteiger partial charge in [0.05, 0.1) is 6.33 Å². The molecule has 106 valence electrons. The lowest BCUT2D eigenvalue weighted by Gasteiger charge is -2.00. The van der Waals surface area contributed by atoms with E-state index in [1.54, 1.807) is 24.4 Å². The average Bonchev–Trinajstić information content (AvgIpc) is 2.88. The number of thioether (sulfide) groups is 1. The Morgan fingerprint density at radius 1 is 1.05 bits per heavy atom. The number of aromatic nitrogens is 4. The van der Waals surface area contributed by atoms with Gasteiger partial charge < -0.3 is 4.57 Å². The number of nitrogens with zero attached hydrogens (tertiary/aromatic N) is 4. The summed E-state index contributed by atoms with van der Waals surface area (Å²) in [5.74, 6) is 1.86. The molecule has 0 radical (unpaired) electrons. The van der Waals surface area contributed by atoms with Crippen LogP contribution in [-0.2, 0) is 6.54 Å². The molecule has 4 nitrogen and oxygen atoms in total. The first kappa shape index (κ1) is 15.4. The Labute approximate surface area is 131 Å². The maximum absolute atomic E-state index is 5.61. The molecule has 2 rings (SSSR count). The Bertz CT molecular complexity index is 609. The van der Waals surface area contributed by atoms with Crippen molar-refractivity contribution >= 4 is 46.1 Å². The molecule has 0 fully saturated rings. The number of halogens is 2. The molecular weight excluding hydrogens is 315 g/mol. The molecule has 20 heavy (non-hydrogen) atoms. The summed E-state index contributed by atoms with van der Waals surface area (Å²) in [5, 5.41) is 0.884. The Morgan fingerprint density at radius 2 is 1.85 bits per heavy atom. The van der Waals surface area contributed by atoms with Crippen LogP contribution in [-0.4, -0.2) is 37.0 Å². The van der Waals surface area contributed by atoms with E-state index in [0.29, 0.717) is 18.3 Å². The molecule has 0 spiro atoms. The van der Waals surface area contributed by atoms with Gasteiger partial charge in [-0.1, -0.05) is 36.1 Å². The maximum atomic E-state index is 5.61. The molecule has 7 heteroatoms. The maximum Gasteiger partial charge on any atom is 0.164 e. The van der Waals surface area contributed by atoms with Crippen LogP contribution in [0.15, 0.2) is 42.0 Å². The topological polar surface area (TPSA) is 43.6 Å². The Balaban J connectivity index is 2.16. The van der Waals surface area contributed by atoms with E-state index in [-0.39, 0.29) is 0 Å². The quantitative estimate of drug-likeness (QED) is 0.337. The number of hydrogen-bond acceptors (Lipinski definition) is 4. The Hall–Kier alpha value is -1.04. The molecule has 2 heterocycles. The van der Waals surface area contributed by atoms with Crippen LogP contribution in [0.3, 0.4) is 0 Å². The molecule has 0 atom stereocenters.